The van der Waals surface area contributed by atoms with E-state index in [2.05, 4.69) is 10.1 Å². The Labute approximate surface area is 173 Å². The SMILES string of the molecule is COC(=O)CCCNC(=O)COC(=O)c1ccc(COc2ccc(Cl)cc2)cc1. The molecular weight excluding hydrogens is 398 g/mol. The summed E-state index contributed by atoms with van der Waals surface area (Å²) >= 11 is 5.83. The van der Waals surface area contributed by atoms with Crippen LogP contribution in [0.4, 0.5) is 0 Å². The smallest absolute Gasteiger partial charge is 0.338 e. The van der Waals surface area contributed by atoms with Crippen molar-refractivity contribution in [1.29, 1.82) is 0 Å². The Kier molecular flexibility index (Phi) is 8.98. The highest BCUT2D eigenvalue weighted by atomic mass is 35.5. The minimum absolute atomic E-state index is 0.213. The molecule has 0 aliphatic heterocycles. The van der Waals surface area contributed by atoms with Crippen LogP contribution in [0.1, 0.15) is 28.8 Å². The standard InChI is InChI=1S/C21H22ClNO6/c1-27-20(25)3-2-12-23-19(24)14-29-21(26)16-6-4-15(5-7-16)13-28-18-10-8-17(22)9-11-18/h4-11H,2-3,12-14H2,1H3,(H,23,24). The lowest BCUT2D eigenvalue weighted by Gasteiger charge is -2.08. The molecule has 0 heterocycles. The Morgan fingerprint density at radius 1 is 1.00 bits per heavy atom. The normalized spacial score (nSPS) is 10.1. The summed E-state index contributed by atoms with van der Waals surface area (Å²) in [5, 5.41) is 3.20. The summed E-state index contributed by atoms with van der Waals surface area (Å²) in [5.74, 6) is -0.681. The van der Waals surface area contributed by atoms with Crippen molar-refractivity contribution in [2.24, 2.45) is 0 Å². The van der Waals surface area contributed by atoms with Crippen molar-refractivity contribution in [2.75, 3.05) is 20.3 Å². The van der Waals surface area contributed by atoms with Gasteiger partial charge in [-0.15, -0.1) is 0 Å². The molecule has 0 saturated heterocycles. The van der Waals surface area contributed by atoms with E-state index in [9.17, 15) is 14.4 Å². The number of carbonyl (C=O) groups excluding carboxylic acids is 3. The molecule has 0 spiro atoms. The number of benzene rings is 2. The molecule has 0 aliphatic carbocycles. The van der Waals surface area contributed by atoms with Crippen molar-refractivity contribution < 1.29 is 28.6 Å². The Balaban J connectivity index is 1.70. The van der Waals surface area contributed by atoms with E-state index in [1.807, 2.05) is 0 Å². The van der Waals surface area contributed by atoms with Gasteiger partial charge >= 0.3 is 11.9 Å². The summed E-state index contributed by atoms with van der Waals surface area (Å²) in [6.07, 6.45) is 0.663. The number of carbonyl (C=O) groups is 3. The summed E-state index contributed by atoms with van der Waals surface area (Å²) in [6, 6.07) is 13.7. The Morgan fingerprint density at radius 2 is 1.69 bits per heavy atom. The molecule has 8 heteroatoms. The minimum Gasteiger partial charge on any atom is -0.489 e. The van der Waals surface area contributed by atoms with Gasteiger partial charge in [-0.3, -0.25) is 9.59 Å². The van der Waals surface area contributed by atoms with E-state index in [1.54, 1.807) is 48.5 Å². The molecule has 0 aliphatic rings. The maximum Gasteiger partial charge on any atom is 0.338 e. The summed E-state index contributed by atoms with van der Waals surface area (Å²) < 4.78 is 15.1. The fraction of sp³-hybridized carbons (Fsp3) is 0.286. The molecule has 0 atom stereocenters. The summed E-state index contributed by atoms with van der Waals surface area (Å²) in [6.45, 7) is 0.247. The van der Waals surface area contributed by atoms with E-state index >= 15 is 0 Å². The molecule has 154 valence electrons. The van der Waals surface area contributed by atoms with Gasteiger partial charge in [0, 0.05) is 18.0 Å². The molecule has 29 heavy (non-hydrogen) atoms. The van der Waals surface area contributed by atoms with Gasteiger partial charge in [0.05, 0.1) is 12.7 Å². The largest absolute Gasteiger partial charge is 0.489 e. The van der Waals surface area contributed by atoms with Gasteiger partial charge in [0.2, 0.25) is 0 Å². The second-order valence-corrected chi connectivity index (χ2v) is 6.48. The lowest BCUT2D eigenvalue weighted by atomic mass is 10.1. The van der Waals surface area contributed by atoms with E-state index < -0.39 is 18.5 Å². The molecule has 1 amide bonds. The van der Waals surface area contributed by atoms with Crippen LogP contribution in [-0.4, -0.2) is 38.1 Å². The predicted molar refractivity (Wildman–Crippen MR) is 107 cm³/mol. The van der Waals surface area contributed by atoms with E-state index in [0.29, 0.717) is 35.9 Å². The first-order valence-electron chi connectivity index (χ1n) is 8.96. The third kappa shape index (κ3) is 8.23. The van der Waals surface area contributed by atoms with Gasteiger partial charge in [-0.2, -0.15) is 0 Å². The van der Waals surface area contributed by atoms with Gasteiger partial charge in [0.15, 0.2) is 6.61 Å². The number of esters is 2. The van der Waals surface area contributed by atoms with Crippen molar-refractivity contribution in [1.82, 2.24) is 5.32 Å². The van der Waals surface area contributed by atoms with Crippen LogP contribution in [0, 0.1) is 0 Å². The van der Waals surface area contributed by atoms with Crippen LogP contribution in [0.25, 0.3) is 0 Å². The number of amides is 1. The molecule has 0 unspecified atom stereocenters. The summed E-state index contributed by atoms with van der Waals surface area (Å²) in [7, 11) is 1.31. The highest BCUT2D eigenvalue weighted by molar-refractivity contribution is 6.30. The van der Waals surface area contributed by atoms with E-state index in [4.69, 9.17) is 21.1 Å². The van der Waals surface area contributed by atoms with E-state index in [-0.39, 0.29) is 12.4 Å². The van der Waals surface area contributed by atoms with E-state index in [1.165, 1.54) is 7.11 Å². The van der Waals surface area contributed by atoms with Crippen LogP contribution >= 0.6 is 11.6 Å². The predicted octanol–water partition coefficient (Wildman–Crippen LogP) is 3.15. The summed E-state index contributed by atoms with van der Waals surface area (Å²) in [5.41, 5.74) is 1.21. The van der Waals surface area contributed by atoms with Gasteiger partial charge in [-0.25, -0.2) is 4.79 Å². The molecule has 2 aromatic rings. The lowest BCUT2D eigenvalue weighted by molar-refractivity contribution is -0.140. The first-order valence-corrected chi connectivity index (χ1v) is 9.33. The number of hydrogen-bond donors (Lipinski definition) is 1. The number of rotatable bonds is 10. The van der Waals surface area contributed by atoms with Gasteiger partial charge in [-0.1, -0.05) is 23.7 Å². The average molecular weight is 420 g/mol. The molecule has 0 saturated carbocycles. The van der Waals surface area contributed by atoms with Crippen LogP contribution in [0.15, 0.2) is 48.5 Å². The Morgan fingerprint density at radius 3 is 2.34 bits per heavy atom. The number of halogens is 1. The second-order valence-electron chi connectivity index (χ2n) is 6.05. The van der Waals surface area contributed by atoms with Crippen molar-refractivity contribution >= 4 is 29.4 Å². The van der Waals surface area contributed by atoms with Crippen LogP contribution in [-0.2, 0) is 25.7 Å². The molecule has 0 fully saturated rings. The maximum absolute atomic E-state index is 12.0. The molecule has 0 radical (unpaired) electrons. The maximum atomic E-state index is 12.0. The third-order valence-corrected chi connectivity index (χ3v) is 4.10. The van der Waals surface area contributed by atoms with Crippen LogP contribution in [0.3, 0.4) is 0 Å². The zero-order valence-corrected chi connectivity index (χ0v) is 16.7. The molecule has 2 rings (SSSR count). The topological polar surface area (TPSA) is 90.9 Å². The first kappa shape index (κ1) is 22.2. The molecular formula is C21H22ClNO6. The zero-order valence-electron chi connectivity index (χ0n) is 16.0. The lowest BCUT2D eigenvalue weighted by Crippen LogP contribution is -2.29. The van der Waals surface area contributed by atoms with Crippen molar-refractivity contribution in [3.63, 3.8) is 0 Å². The Bertz CT molecular complexity index is 820. The molecule has 0 aromatic heterocycles. The van der Waals surface area contributed by atoms with Crippen LogP contribution < -0.4 is 10.1 Å². The van der Waals surface area contributed by atoms with Gasteiger partial charge in [-0.05, 0) is 48.4 Å². The quantitative estimate of drug-likeness (QED) is 0.470. The number of methoxy groups -OCH3 is 1. The van der Waals surface area contributed by atoms with Gasteiger partial charge in [0.1, 0.15) is 12.4 Å². The summed E-state index contributed by atoms with van der Waals surface area (Å²) in [4.78, 5) is 34.6. The van der Waals surface area contributed by atoms with Gasteiger partial charge in [0.25, 0.3) is 5.91 Å². The van der Waals surface area contributed by atoms with Crippen LogP contribution in [0.2, 0.25) is 5.02 Å². The third-order valence-electron chi connectivity index (χ3n) is 3.85. The van der Waals surface area contributed by atoms with Crippen LogP contribution in [0.5, 0.6) is 5.75 Å². The second kappa shape index (κ2) is 11.7. The number of nitrogens with one attached hydrogen (secondary N) is 1. The highest BCUT2D eigenvalue weighted by Crippen LogP contribution is 2.17. The highest BCUT2D eigenvalue weighted by Gasteiger charge is 2.10. The van der Waals surface area contributed by atoms with Crippen molar-refractivity contribution in [3.8, 4) is 5.75 Å². The molecule has 2 aromatic carbocycles. The first-order chi connectivity index (χ1) is 14.0. The molecule has 0 bridgehead atoms. The minimum atomic E-state index is -0.597. The molecule has 7 nitrogen and oxygen atoms in total. The fourth-order valence-electron chi connectivity index (χ4n) is 2.26. The zero-order chi connectivity index (χ0) is 21.1. The monoisotopic (exact) mass is 419 g/mol. The fourth-order valence-corrected chi connectivity index (χ4v) is 2.39. The van der Waals surface area contributed by atoms with Crippen molar-refractivity contribution in [2.45, 2.75) is 19.4 Å². The molecule has 1 N–H and O–H groups in total. The number of ether oxygens (including phenoxy) is 3. The average Bonchev–Trinajstić information content (AvgIpc) is 2.74. The Hall–Kier alpha value is -3.06. The van der Waals surface area contributed by atoms with Crippen molar-refractivity contribution in [3.05, 3.63) is 64.7 Å². The van der Waals surface area contributed by atoms with E-state index in [0.717, 1.165) is 5.56 Å². The van der Waals surface area contributed by atoms with Gasteiger partial charge < -0.3 is 19.5 Å². The number of hydrogen-bond acceptors (Lipinski definition) is 6.